The number of carbonyl (C=O) groups is 1. The molecule has 0 radical (unpaired) electrons. The number of anilines is 1. The lowest BCUT2D eigenvalue weighted by molar-refractivity contribution is 0.0970. The first-order valence-electron chi connectivity index (χ1n) is 12.9. The zero-order chi connectivity index (χ0) is 27.0. The molecule has 2 aromatic carbocycles. The first-order valence-corrected chi connectivity index (χ1v) is 13.7. The van der Waals surface area contributed by atoms with Crippen molar-refractivity contribution in [3.8, 4) is 11.5 Å². The number of rotatable bonds is 9. The molecule has 0 fully saturated rings. The van der Waals surface area contributed by atoms with Crippen LogP contribution in [-0.2, 0) is 6.42 Å². The Morgan fingerprint density at radius 3 is 2.66 bits per heavy atom. The molecule has 198 valence electrons. The van der Waals surface area contributed by atoms with Crippen molar-refractivity contribution < 1.29 is 18.7 Å². The summed E-state index contributed by atoms with van der Waals surface area (Å²) in [6.45, 7) is 8.82. The number of carbonyl (C=O) groups excluding carboxylic acids is 1. The van der Waals surface area contributed by atoms with E-state index in [2.05, 4.69) is 31.0 Å². The number of hydrogen-bond donors (Lipinski definition) is 0. The molecule has 1 unspecified atom stereocenters. The van der Waals surface area contributed by atoms with Crippen molar-refractivity contribution in [3.05, 3.63) is 74.1 Å². The normalized spacial score (nSPS) is 14.9. The molecule has 2 aromatic heterocycles. The van der Waals surface area contributed by atoms with Crippen LogP contribution in [0.4, 0.5) is 5.13 Å². The van der Waals surface area contributed by atoms with E-state index in [4.69, 9.17) is 13.9 Å². The summed E-state index contributed by atoms with van der Waals surface area (Å²) in [6, 6.07) is 10.1. The second-order valence-corrected chi connectivity index (χ2v) is 11.0. The van der Waals surface area contributed by atoms with Gasteiger partial charge in [-0.3, -0.25) is 14.5 Å². The molecule has 1 amide bonds. The molecule has 3 heterocycles. The summed E-state index contributed by atoms with van der Waals surface area (Å²) in [6.07, 6.45) is 2.58. The Balaban J connectivity index is 1.66. The topological polar surface area (TPSA) is 94.8 Å². The summed E-state index contributed by atoms with van der Waals surface area (Å²) >= 11 is 1.35. The second kappa shape index (κ2) is 10.6. The molecular formula is C29H31N3O5S. The van der Waals surface area contributed by atoms with Crippen LogP contribution in [0, 0.1) is 12.8 Å². The van der Waals surface area contributed by atoms with Crippen LogP contribution in [0.25, 0.3) is 11.0 Å². The van der Waals surface area contributed by atoms with E-state index in [0.29, 0.717) is 45.7 Å². The minimum absolute atomic E-state index is 0.0276. The van der Waals surface area contributed by atoms with Crippen LogP contribution in [0.15, 0.2) is 45.6 Å². The third-order valence-electron chi connectivity index (χ3n) is 6.61. The van der Waals surface area contributed by atoms with Gasteiger partial charge in [0.15, 0.2) is 16.9 Å². The average Bonchev–Trinajstić information content (AvgIpc) is 3.47. The predicted octanol–water partition coefficient (Wildman–Crippen LogP) is 6.09. The summed E-state index contributed by atoms with van der Waals surface area (Å²) in [4.78, 5) is 29.2. The fourth-order valence-corrected chi connectivity index (χ4v) is 5.60. The van der Waals surface area contributed by atoms with E-state index < -0.39 is 11.9 Å². The van der Waals surface area contributed by atoms with E-state index in [9.17, 15) is 9.59 Å². The molecule has 0 spiro atoms. The molecule has 0 aliphatic carbocycles. The van der Waals surface area contributed by atoms with E-state index >= 15 is 0 Å². The highest BCUT2D eigenvalue weighted by Crippen LogP contribution is 2.44. The summed E-state index contributed by atoms with van der Waals surface area (Å²) in [7, 11) is 1.58. The van der Waals surface area contributed by atoms with Gasteiger partial charge in [-0.25, -0.2) is 0 Å². The Morgan fingerprint density at radius 2 is 1.92 bits per heavy atom. The van der Waals surface area contributed by atoms with Gasteiger partial charge in [0.1, 0.15) is 10.6 Å². The number of amides is 1. The molecule has 0 bridgehead atoms. The molecule has 0 N–H and O–H groups in total. The monoisotopic (exact) mass is 533 g/mol. The number of aromatic nitrogens is 2. The van der Waals surface area contributed by atoms with Gasteiger partial charge in [-0.05, 0) is 55.5 Å². The summed E-state index contributed by atoms with van der Waals surface area (Å²) < 4.78 is 17.7. The molecule has 0 saturated heterocycles. The predicted molar refractivity (Wildman–Crippen MR) is 148 cm³/mol. The molecule has 9 heteroatoms. The minimum atomic E-state index is -0.750. The molecule has 38 heavy (non-hydrogen) atoms. The van der Waals surface area contributed by atoms with Crippen LogP contribution in [-0.4, -0.2) is 29.8 Å². The van der Waals surface area contributed by atoms with Crippen molar-refractivity contribution >= 4 is 33.3 Å². The van der Waals surface area contributed by atoms with Crippen LogP contribution >= 0.6 is 11.3 Å². The highest BCUT2D eigenvalue weighted by Gasteiger charge is 2.45. The maximum atomic E-state index is 13.9. The lowest BCUT2D eigenvalue weighted by atomic mass is 9.98. The van der Waals surface area contributed by atoms with Crippen molar-refractivity contribution in [2.75, 3.05) is 18.6 Å². The Labute approximate surface area is 225 Å². The Kier molecular flexibility index (Phi) is 7.21. The molecular weight excluding hydrogens is 502 g/mol. The number of fused-ring (bicyclic) bond motifs is 2. The van der Waals surface area contributed by atoms with Crippen molar-refractivity contribution in [2.24, 2.45) is 5.92 Å². The van der Waals surface area contributed by atoms with E-state index in [0.717, 1.165) is 29.8 Å². The van der Waals surface area contributed by atoms with Gasteiger partial charge in [0, 0.05) is 6.42 Å². The number of aryl methyl sites for hydroxylation is 2. The van der Waals surface area contributed by atoms with Gasteiger partial charge in [0.05, 0.1) is 30.7 Å². The van der Waals surface area contributed by atoms with Crippen molar-refractivity contribution in [1.29, 1.82) is 0 Å². The van der Waals surface area contributed by atoms with Crippen molar-refractivity contribution in [2.45, 2.75) is 53.0 Å². The van der Waals surface area contributed by atoms with Gasteiger partial charge in [-0.15, -0.1) is 10.2 Å². The first-order chi connectivity index (χ1) is 18.3. The van der Waals surface area contributed by atoms with E-state index in [1.54, 1.807) is 19.2 Å². The third-order valence-corrected chi connectivity index (χ3v) is 7.59. The summed E-state index contributed by atoms with van der Waals surface area (Å²) in [5, 5.41) is 10.3. The van der Waals surface area contributed by atoms with E-state index in [1.165, 1.54) is 16.2 Å². The van der Waals surface area contributed by atoms with Gasteiger partial charge < -0.3 is 13.9 Å². The fourth-order valence-electron chi connectivity index (χ4n) is 4.63. The zero-order valence-electron chi connectivity index (χ0n) is 22.2. The minimum Gasteiger partial charge on any atom is -0.493 e. The van der Waals surface area contributed by atoms with Crippen LogP contribution in [0.1, 0.15) is 71.9 Å². The fraction of sp³-hybridized carbons (Fsp3) is 0.379. The lowest BCUT2D eigenvalue weighted by Crippen LogP contribution is -2.29. The SMILES string of the molecule is CCCc1nnc(N2C(=O)c3oc4ccc(C)cc4c(=O)c3C2c2ccc(OCCC(C)C)c(OC)c2)s1. The number of benzene rings is 2. The Hall–Kier alpha value is -3.72. The maximum absolute atomic E-state index is 13.9. The largest absolute Gasteiger partial charge is 0.493 e. The number of nitrogens with zero attached hydrogens (tertiary/aromatic N) is 3. The van der Waals surface area contributed by atoms with Crippen molar-refractivity contribution in [1.82, 2.24) is 10.2 Å². The number of hydrogen-bond acceptors (Lipinski definition) is 8. The van der Waals surface area contributed by atoms with E-state index in [-0.39, 0.29) is 16.8 Å². The van der Waals surface area contributed by atoms with Gasteiger partial charge in [-0.2, -0.15) is 0 Å². The Bertz CT molecular complexity index is 1560. The van der Waals surface area contributed by atoms with Crippen LogP contribution in [0.2, 0.25) is 0 Å². The van der Waals surface area contributed by atoms with E-state index in [1.807, 2.05) is 31.2 Å². The highest BCUT2D eigenvalue weighted by molar-refractivity contribution is 7.15. The highest BCUT2D eigenvalue weighted by atomic mass is 32.1. The summed E-state index contributed by atoms with van der Waals surface area (Å²) in [5.74, 6) is 1.25. The summed E-state index contributed by atoms with van der Waals surface area (Å²) in [5.41, 5.74) is 2.05. The van der Waals surface area contributed by atoms with Crippen LogP contribution in [0.5, 0.6) is 11.5 Å². The maximum Gasteiger partial charge on any atom is 0.297 e. The van der Waals surface area contributed by atoms with Gasteiger partial charge in [0.25, 0.3) is 5.91 Å². The lowest BCUT2D eigenvalue weighted by Gasteiger charge is -2.23. The molecule has 1 aliphatic heterocycles. The standard InChI is InChI=1S/C29H31N3O5S/c1-6-7-23-30-31-29(38-23)32-25(18-9-11-21(22(15-18)35-5)36-13-12-16(2)3)24-26(33)19-14-17(4)8-10-20(19)37-27(24)28(32)34/h8-11,14-16,25H,6-7,12-13H2,1-5H3. The van der Waals surface area contributed by atoms with Gasteiger partial charge >= 0.3 is 0 Å². The zero-order valence-corrected chi connectivity index (χ0v) is 23.1. The number of methoxy groups -OCH3 is 1. The first kappa shape index (κ1) is 25.9. The number of ether oxygens (including phenoxy) is 2. The molecule has 1 atom stereocenters. The second-order valence-electron chi connectivity index (χ2n) is 9.92. The smallest absolute Gasteiger partial charge is 0.297 e. The van der Waals surface area contributed by atoms with Crippen molar-refractivity contribution in [3.63, 3.8) is 0 Å². The van der Waals surface area contributed by atoms with Crippen LogP contribution < -0.4 is 19.8 Å². The molecule has 5 rings (SSSR count). The quantitative estimate of drug-likeness (QED) is 0.257. The molecule has 1 aliphatic rings. The molecule has 8 nitrogen and oxygen atoms in total. The average molecular weight is 534 g/mol. The van der Waals surface area contributed by atoms with Gasteiger partial charge in [0.2, 0.25) is 10.9 Å². The molecule has 0 saturated carbocycles. The van der Waals surface area contributed by atoms with Gasteiger partial charge in [-0.1, -0.05) is 49.8 Å². The third kappa shape index (κ3) is 4.67. The Morgan fingerprint density at radius 1 is 1.11 bits per heavy atom. The molecule has 4 aromatic rings. The van der Waals surface area contributed by atoms with Crippen LogP contribution in [0.3, 0.4) is 0 Å².